The van der Waals surface area contributed by atoms with Crippen LogP contribution in [0.2, 0.25) is 0 Å². The molecule has 1 amide bonds. The molecule has 0 spiro atoms. The lowest BCUT2D eigenvalue weighted by Crippen LogP contribution is -2.25. The van der Waals surface area contributed by atoms with Crippen LogP contribution >= 0.6 is 23.5 Å². The molecular weight excluding hydrogens is 366 g/mol. The highest BCUT2D eigenvalue weighted by molar-refractivity contribution is 8.00. The first-order valence-corrected chi connectivity index (χ1v) is 10.8. The predicted octanol–water partition coefficient (Wildman–Crippen LogP) is 4.23. The minimum absolute atomic E-state index is 0.0882. The average molecular weight is 392 g/mol. The Balaban J connectivity index is 2.05. The molecule has 1 aromatic heterocycles. The number of rotatable bonds is 9. The summed E-state index contributed by atoms with van der Waals surface area (Å²) in [4.78, 5) is 31.7. The lowest BCUT2D eigenvalue weighted by atomic mass is 10.2. The first-order chi connectivity index (χ1) is 12.5. The van der Waals surface area contributed by atoms with Gasteiger partial charge in [0.25, 0.3) is 5.56 Å². The molecule has 2 N–H and O–H groups in total. The second-order valence-electron chi connectivity index (χ2n) is 5.96. The van der Waals surface area contributed by atoms with E-state index in [1.807, 2.05) is 38.1 Å². The van der Waals surface area contributed by atoms with Crippen molar-refractivity contribution in [3.8, 4) is 0 Å². The van der Waals surface area contributed by atoms with Crippen LogP contribution in [0.1, 0.15) is 37.9 Å². The van der Waals surface area contributed by atoms with Crippen molar-refractivity contribution in [2.75, 3.05) is 11.1 Å². The first kappa shape index (κ1) is 20.6. The highest BCUT2D eigenvalue weighted by Crippen LogP contribution is 2.24. The van der Waals surface area contributed by atoms with Crippen LogP contribution in [-0.2, 0) is 10.5 Å². The number of carbonyl (C=O) groups excluding carboxylic acids is 1. The fourth-order valence-corrected chi connectivity index (χ4v) is 3.97. The van der Waals surface area contributed by atoms with Gasteiger partial charge in [0.2, 0.25) is 5.91 Å². The van der Waals surface area contributed by atoms with Gasteiger partial charge in [0.15, 0.2) is 5.16 Å². The minimum atomic E-state index is -0.321. The van der Waals surface area contributed by atoms with Crippen molar-refractivity contribution in [2.24, 2.45) is 0 Å². The van der Waals surface area contributed by atoms with Crippen molar-refractivity contribution in [1.29, 1.82) is 0 Å². The van der Waals surface area contributed by atoms with Gasteiger partial charge in [0.05, 0.1) is 10.9 Å². The van der Waals surface area contributed by atoms with Gasteiger partial charge in [-0.05, 0) is 37.7 Å². The molecule has 140 valence electrons. The maximum Gasteiger partial charge on any atom is 0.251 e. The Morgan fingerprint density at radius 3 is 2.65 bits per heavy atom. The number of benzene rings is 1. The van der Waals surface area contributed by atoms with Crippen LogP contribution in [0.4, 0.5) is 5.69 Å². The SMILES string of the molecule is CCCSCc1cc(=O)[nH]c(SC(CC)C(=O)Nc2ccc(C)cc2)n1. The molecular formula is C19H25N3O2S2. The minimum Gasteiger partial charge on any atom is -0.325 e. The van der Waals surface area contributed by atoms with E-state index in [9.17, 15) is 9.59 Å². The molecule has 0 saturated carbocycles. The Morgan fingerprint density at radius 2 is 2.00 bits per heavy atom. The van der Waals surface area contributed by atoms with Crippen LogP contribution in [0.5, 0.6) is 0 Å². The second kappa shape index (κ2) is 10.4. The van der Waals surface area contributed by atoms with Crippen LogP contribution in [0.3, 0.4) is 0 Å². The molecule has 0 aliphatic heterocycles. The molecule has 1 unspecified atom stereocenters. The first-order valence-electron chi connectivity index (χ1n) is 8.74. The number of nitrogens with zero attached hydrogens (tertiary/aromatic N) is 1. The molecule has 0 saturated heterocycles. The maximum atomic E-state index is 12.6. The molecule has 2 aromatic rings. The van der Waals surface area contributed by atoms with E-state index in [1.165, 1.54) is 17.8 Å². The van der Waals surface area contributed by atoms with E-state index in [2.05, 4.69) is 22.2 Å². The lowest BCUT2D eigenvalue weighted by Gasteiger charge is -2.14. The van der Waals surface area contributed by atoms with E-state index >= 15 is 0 Å². The fraction of sp³-hybridized carbons (Fsp3) is 0.421. The zero-order chi connectivity index (χ0) is 18.9. The van der Waals surface area contributed by atoms with Crippen molar-refractivity contribution in [2.45, 2.75) is 49.8 Å². The molecule has 1 heterocycles. The van der Waals surface area contributed by atoms with Crippen molar-refractivity contribution in [3.05, 3.63) is 51.9 Å². The van der Waals surface area contributed by atoms with Crippen LogP contribution in [0, 0.1) is 6.92 Å². The van der Waals surface area contributed by atoms with E-state index in [4.69, 9.17) is 0 Å². The third kappa shape index (κ3) is 6.53. The monoisotopic (exact) mass is 391 g/mol. The van der Waals surface area contributed by atoms with Gasteiger partial charge < -0.3 is 10.3 Å². The molecule has 0 radical (unpaired) electrons. The summed E-state index contributed by atoms with van der Waals surface area (Å²) < 4.78 is 0. The van der Waals surface area contributed by atoms with E-state index in [0.717, 1.165) is 29.1 Å². The van der Waals surface area contributed by atoms with Crippen LogP contribution in [0.15, 0.2) is 40.3 Å². The third-order valence-corrected chi connectivity index (χ3v) is 6.05. The van der Waals surface area contributed by atoms with Gasteiger partial charge >= 0.3 is 0 Å². The second-order valence-corrected chi connectivity index (χ2v) is 8.26. The van der Waals surface area contributed by atoms with Gasteiger partial charge in [0.1, 0.15) is 0 Å². The number of hydrogen-bond donors (Lipinski definition) is 2. The quantitative estimate of drug-likeness (QED) is 0.380. The number of aryl methyl sites for hydroxylation is 1. The van der Waals surface area contributed by atoms with Crippen molar-refractivity contribution in [3.63, 3.8) is 0 Å². The Morgan fingerprint density at radius 1 is 1.27 bits per heavy atom. The molecule has 5 nitrogen and oxygen atoms in total. The number of thioether (sulfide) groups is 2. The van der Waals surface area contributed by atoms with Gasteiger partial charge in [-0.3, -0.25) is 9.59 Å². The number of H-pyrrole nitrogens is 1. The normalized spacial score (nSPS) is 12.0. The van der Waals surface area contributed by atoms with E-state index < -0.39 is 0 Å². The lowest BCUT2D eigenvalue weighted by molar-refractivity contribution is -0.115. The average Bonchev–Trinajstić information content (AvgIpc) is 2.61. The van der Waals surface area contributed by atoms with Gasteiger partial charge in [0, 0.05) is 17.5 Å². The van der Waals surface area contributed by atoms with E-state index in [1.54, 1.807) is 11.8 Å². The molecule has 1 atom stereocenters. The topological polar surface area (TPSA) is 74.8 Å². The van der Waals surface area contributed by atoms with E-state index in [-0.39, 0.29) is 16.7 Å². The van der Waals surface area contributed by atoms with Crippen LogP contribution in [-0.4, -0.2) is 26.9 Å². The highest BCUT2D eigenvalue weighted by atomic mass is 32.2. The Kier molecular flexibility index (Phi) is 8.25. The van der Waals surface area contributed by atoms with Gasteiger partial charge in [-0.1, -0.05) is 43.3 Å². The Hall–Kier alpha value is -1.73. The predicted molar refractivity (Wildman–Crippen MR) is 111 cm³/mol. The number of aromatic amines is 1. The smallest absolute Gasteiger partial charge is 0.251 e. The fourth-order valence-electron chi connectivity index (χ4n) is 2.25. The maximum absolute atomic E-state index is 12.6. The van der Waals surface area contributed by atoms with Crippen molar-refractivity contribution in [1.82, 2.24) is 9.97 Å². The van der Waals surface area contributed by atoms with Crippen LogP contribution < -0.4 is 10.9 Å². The number of amides is 1. The van der Waals surface area contributed by atoms with Crippen molar-refractivity contribution < 1.29 is 4.79 Å². The number of carbonyl (C=O) groups is 1. The third-order valence-electron chi connectivity index (χ3n) is 3.61. The molecule has 0 fully saturated rings. The summed E-state index contributed by atoms with van der Waals surface area (Å²) in [5, 5.41) is 3.10. The zero-order valence-corrected chi connectivity index (χ0v) is 17.0. The molecule has 2 rings (SSSR count). The number of aromatic nitrogens is 2. The van der Waals surface area contributed by atoms with Crippen molar-refractivity contribution >= 4 is 35.1 Å². The summed E-state index contributed by atoms with van der Waals surface area (Å²) in [6.45, 7) is 6.08. The summed E-state index contributed by atoms with van der Waals surface area (Å²) in [7, 11) is 0. The molecule has 7 heteroatoms. The highest BCUT2D eigenvalue weighted by Gasteiger charge is 2.19. The van der Waals surface area contributed by atoms with Gasteiger partial charge in [-0.2, -0.15) is 11.8 Å². The Bertz CT molecular complexity index is 775. The zero-order valence-electron chi connectivity index (χ0n) is 15.4. The summed E-state index contributed by atoms with van der Waals surface area (Å²) >= 11 is 3.05. The molecule has 1 aromatic carbocycles. The van der Waals surface area contributed by atoms with Crippen LogP contribution in [0.25, 0.3) is 0 Å². The van der Waals surface area contributed by atoms with Gasteiger partial charge in [-0.15, -0.1) is 0 Å². The molecule has 26 heavy (non-hydrogen) atoms. The number of anilines is 1. The number of hydrogen-bond acceptors (Lipinski definition) is 5. The summed E-state index contributed by atoms with van der Waals surface area (Å²) in [5.41, 5.74) is 2.49. The Labute approximate surface area is 162 Å². The summed E-state index contributed by atoms with van der Waals surface area (Å²) in [6, 6.07) is 9.22. The number of nitrogens with one attached hydrogen (secondary N) is 2. The summed E-state index contributed by atoms with van der Waals surface area (Å²) in [5.74, 6) is 1.65. The molecule has 0 aliphatic rings. The largest absolute Gasteiger partial charge is 0.325 e. The standard InChI is InChI=1S/C19H25N3O2S2/c1-4-10-25-12-15-11-17(23)22-19(21-15)26-16(5-2)18(24)20-14-8-6-13(3)7-9-14/h6-9,11,16H,4-5,10,12H2,1-3H3,(H,20,24)(H,21,22,23). The van der Waals surface area contributed by atoms with Gasteiger partial charge in [-0.25, -0.2) is 4.98 Å². The summed E-state index contributed by atoms with van der Waals surface area (Å²) in [6.07, 6.45) is 1.73. The van der Waals surface area contributed by atoms with E-state index in [0.29, 0.717) is 17.3 Å². The molecule has 0 bridgehead atoms. The molecule has 0 aliphatic carbocycles.